The van der Waals surface area contributed by atoms with Gasteiger partial charge in [0.2, 0.25) is 5.95 Å². The van der Waals surface area contributed by atoms with E-state index < -0.39 is 0 Å². The third-order valence-corrected chi connectivity index (χ3v) is 3.83. The number of fused-ring (bicyclic) bond motifs is 1. The van der Waals surface area contributed by atoms with E-state index in [1.807, 2.05) is 6.20 Å². The Balaban J connectivity index is 2.07. The molecule has 1 aliphatic rings. The third-order valence-electron chi connectivity index (χ3n) is 3.83. The number of aromatic nitrogens is 3. The molecule has 1 aliphatic heterocycles. The van der Waals surface area contributed by atoms with Gasteiger partial charge in [0.1, 0.15) is 5.82 Å². The SMILES string of the molecule is CC(C)(C)Nc1ncc2c(N)ncc(C3CCOCC3)c2n1. The highest BCUT2D eigenvalue weighted by molar-refractivity contribution is 5.90. The first-order valence-corrected chi connectivity index (χ1v) is 7.71. The van der Waals surface area contributed by atoms with Crippen molar-refractivity contribution >= 4 is 22.7 Å². The van der Waals surface area contributed by atoms with Crippen LogP contribution < -0.4 is 11.1 Å². The number of anilines is 2. The van der Waals surface area contributed by atoms with Crippen LogP contribution in [0.1, 0.15) is 45.1 Å². The van der Waals surface area contributed by atoms with Crippen molar-refractivity contribution in [2.45, 2.75) is 45.1 Å². The fourth-order valence-electron chi connectivity index (χ4n) is 2.76. The van der Waals surface area contributed by atoms with Gasteiger partial charge in [-0.3, -0.25) is 0 Å². The number of pyridine rings is 1. The van der Waals surface area contributed by atoms with Gasteiger partial charge in [0.05, 0.1) is 10.9 Å². The van der Waals surface area contributed by atoms with Crippen LogP contribution in [0.25, 0.3) is 10.9 Å². The van der Waals surface area contributed by atoms with E-state index >= 15 is 0 Å². The van der Waals surface area contributed by atoms with Crippen molar-refractivity contribution < 1.29 is 4.74 Å². The van der Waals surface area contributed by atoms with E-state index in [2.05, 4.69) is 36.1 Å². The highest BCUT2D eigenvalue weighted by Gasteiger charge is 2.21. The molecular weight excluding hydrogens is 278 g/mol. The van der Waals surface area contributed by atoms with Crippen LogP contribution in [0, 0.1) is 0 Å². The molecule has 2 aromatic rings. The minimum Gasteiger partial charge on any atom is -0.383 e. The number of nitrogens with one attached hydrogen (secondary N) is 1. The summed E-state index contributed by atoms with van der Waals surface area (Å²) in [6.45, 7) is 7.83. The van der Waals surface area contributed by atoms with Crippen LogP contribution in [-0.2, 0) is 4.74 Å². The van der Waals surface area contributed by atoms with Crippen LogP contribution in [-0.4, -0.2) is 33.7 Å². The molecule has 22 heavy (non-hydrogen) atoms. The number of nitrogens with two attached hydrogens (primary N) is 1. The maximum atomic E-state index is 6.00. The van der Waals surface area contributed by atoms with Gasteiger partial charge in [0.25, 0.3) is 0 Å². The summed E-state index contributed by atoms with van der Waals surface area (Å²) in [4.78, 5) is 13.4. The largest absolute Gasteiger partial charge is 0.383 e. The molecule has 3 N–H and O–H groups in total. The summed E-state index contributed by atoms with van der Waals surface area (Å²) < 4.78 is 5.46. The van der Waals surface area contributed by atoms with E-state index in [-0.39, 0.29) is 5.54 Å². The Kier molecular flexibility index (Phi) is 3.87. The van der Waals surface area contributed by atoms with Crippen molar-refractivity contribution in [2.75, 3.05) is 24.3 Å². The molecular formula is C16H23N5O. The average molecular weight is 301 g/mol. The summed E-state index contributed by atoms with van der Waals surface area (Å²) in [7, 11) is 0. The molecule has 118 valence electrons. The topological polar surface area (TPSA) is 86.0 Å². The van der Waals surface area contributed by atoms with Gasteiger partial charge in [-0.05, 0) is 39.5 Å². The first-order valence-electron chi connectivity index (χ1n) is 7.71. The standard InChI is InChI=1S/C16H23N5O/c1-16(2,3)21-15-19-9-12-13(20-15)11(8-18-14(12)17)10-4-6-22-7-5-10/h8-10H,4-7H2,1-3H3,(H2,17,18)(H,19,20,21). The molecule has 0 aromatic carbocycles. The van der Waals surface area contributed by atoms with E-state index in [0.717, 1.165) is 42.5 Å². The van der Waals surface area contributed by atoms with Gasteiger partial charge in [0.15, 0.2) is 0 Å². The van der Waals surface area contributed by atoms with Gasteiger partial charge in [-0.25, -0.2) is 15.0 Å². The molecule has 6 nitrogen and oxygen atoms in total. The van der Waals surface area contributed by atoms with Crippen LogP contribution in [0.4, 0.5) is 11.8 Å². The minimum absolute atomic E-state index is 0.0922. The number of nitrogen functional groups attached to an aromatic ring is 1. The maximum absolute atomic E-state index is 6.00. The van der Waals surface area contributed by atoms with E-state index in [0.29, 0.717) is 17.7 Å². The molecule has 0 spiro atoms. The summed E-state index contributed by atoms with van der Waals surface area (Å²) in [5.74, 6) is 1.52. The van der Waals surface area contributed by atoms with Crippen LogP contribution in [0.2, 0.25) is 0 Å². The van der Waals surface area contributed by atoms with Gasteiger partial charge < -0.3 is 15.8 Å². The Morgan fingerprint density at radius 2 is 1.91 bits per heavy atom. The van der Waals surface area contributed by atoms with Crippen molar-refractivity contribution in [3.63, 3.8) is 0 Å². The highest BCUT2D eigenvalue weighted by Crippen LogP contribution is 2.32. The molecule has 0 amide bonds. The van der Waals surface area contributed by atoms with Crippen molar-refractivity contribution in [3.8, 4) is 0 Å². The Hall–Kier alpha value is -1.95. The summed E-state index contributed by atoms with van der Waals surface area (Å²) in [5.41, 5.74) is 7.95. The first kappa shape index (κ1) is 15.0. The monoisotopic (exact) mass is 301 g/mol. The molecule has 0 bridgehead atoms. The van der Waals surface area contributed by atoms with Gasteiger partial charge in [0, 0.05) is 36.7 Å². The quantitative estimate of drug-likeness (QED) is 0.887. The van der Waals surface area contributed by atoms with Gasteiger partial charge in [-0.2, -0.15) is 0 Å². The lowest BCUT2D eigenvalue weighted by atomic mass is 9.91. The van der Waals surface area contributed by atoms with E-state index in [1.165, 1.54) is 0 Å². The number of hydrogen-bond donors (Lipinski definition) is 2. The van der Waals surface area contributed by atoms with E-state index in [4.69, 9.17) is 15.5 Å². The second-order valence-electron chi connectivity index (χ2n) is 6.82. The summed E-state index contributed by atoms with van der Waals surface area (Å²) in [6.07, 6.45) is 5.61. The van der Waals surface area contributed by atoms with Gasteiger partial charge >= 0.3 is 0 Å². The van der Waals surface area contributed by atoms with Crippen molar-refractivity contribution in [1.82, 2.24) is 15.0 Å². The van der Waals surface area contributed by atoms with Crippen LogP contribution in [0.3, 0.4) is 0 Å². The predicted octanol–water partition coefficient (Wildman–Crippen LogP) is 2.71. The lowest BCUT2D eigenvalue weighted by Crippen LogP contribution is -2.27. The second kappa shape index (κ2) is 5.68. The van der Waals surface area contributed by atoms with Crippen LogP contribution in [0.5, 0.6) is 0 Å². The van der Waals surface area contributed by atoms with E-state index in [1.54, 1.807) is 6.20 Å². The lowest BCUT2D eigenvalue weighted by Gasteiger charge is -2.24. The molecule has 0 saturated carbocycles. The van der Waals surface area contributed by atoms with Crippen LogP contribution >= 0.6 is 0 Å². The second-order valence-corrected chi connectivity index (χ2v) is 6.82. The zero-order chi connectivity index (χ0) is 15.7. The Morgan fingerprint density at radius 3 is 2.59 bits per heavy atom. The fourth-order valence-corrected chi connectivity index (χ4v) is 2.76. The maximum Gasteiger partial charge on any atom is 0.223 e. The Bertz CT molecular complexity index is 674. The molecule has 3 heterocycles. The molecule has 0 aliphatic carbocycles. The zero-order valence-electron chi connectivity index (χ0n) is 13.4. The van der Waals surface area contributed by atoms with E-state index in [9.17, 15) is 0 Å². The summed E-state index contributed by atoms with van der Waals surface area (Å²) in [6, 6.07) is 0. The molecule has 2 aromatic heterocycles. The highest BCUT2D eigenvalue weighted by atomic mass is 16.5. The summed E-state index contributed by atoms with van der Waals surface area (Å²) >= 11 is 0. The van der Waals surface area contributed by atoms with Crippen molar-refractivity contribution in [1.29, 1.82) is 0 Å². The zero-order valence-corrected chi connectivity index (χ0v) is 13.4. The predicted molar refractivity (Wildman–Crippen MR) is 87.9 cm³/mol. The molecule has 6 heteroatoms. The normalized spacial score (nSPS) is 16.9. The molecule has 3 rings (SSSR count). The van der Waals surface area contributed by atoms with Crippen molar-refractivity contribution in [3.05, 3.63) is 18.0 Å². The minimum atomic E-state index is -0.0922. The third kappa shape index (κ3) is 3.11. The number of ether oxygens (including phenoxy) is 1. The fraction of sp³-hybridized carbons (Fsp3) is 0.562. The van der Waals surface area contributed by atoms with Crippen LogP contribution in [0.15, 0.2) is 12.4 Å². The Morgan fingerprint density at radius 1 is 1.18 bits per heavy atom. The van der Waals surface area contributed by atoms with Crippen molar-refractivity contribution in [2.24, 2.45) is 0 Å². The number of hydrogen-bond acceptors (Lipinski definition) is 6. The lowest BCUT2D eigenvalue weighted by molar-refractivity contribution is 0.0855. The Labute approximate surface area is 130 Å². The molecule has 1 fully saturated rings. The molecule has 0 unspecified atom stereocenters. The number of nitrogens with zero attached hydrogens (tertiary/aromatic N) is 3. The molecule has 1 saturated heterocycles. The molecule has 0 atom stereocenters. The van der Waals surface area contributed by atoms with Gasteiger partial charge in [-0.1, -0.05) is 0 Å². The summed E-state index contributed by atoms with van der Waals surface area (Å²) in [5, 5.41) is 4.14. The number of rotatable bonds is 2. The van der Waals surface area contributed by atoms with Gasteiger partial charge in [-0.15, -0.1) is 0 Å². The molecule has 0 radical (unpaired) electrons. The first-order chi connectivity index (χ1) is 10.4. The smallest absolute Gasteiger partial charge is 0.223 e. The average Bonchev–Trinajstić information content (AvgIpc) is 2.47.